The largest absolute Gasteiger partial charge is 0.450 e. The second-order valence-electron chi connectivity index (χ2n) is 5.19. The molecule has 6 heteroatoms. The molecule has 1 fully saturated rings. The molecule has 22 heavy (non-hydrogen) atoms. The summed E-state index contributed by atoms with van der Waals surface area (Å²) in [6.07, 6.45) is 0.812. The maximum Gasteiger partial charge on any atom is 0.196 e. The lowest BCUT2D eigenvalue weighted by molar-refractivity contribution is 0.122. The second kappa shape index (κ2) is 6.10. The zero-order chi connectivity index (χ0) is 14.2. The van der Waals surface area contributed by atoms with Crippen molar-refractivity contribution >= 4 is 40.3 Å². The number of fused-ring (bicyclic) bond motifs is 3. The Bertz CT molecular complexity index is 797. The summed E-state index contributed by atoms with van der Waals surface area (Å²) in [5.74, 6) is 1.76. The summed E-state index contributed by atoms with van der Waals surface area (Å²) < 4.78 is 11.5. The highest BCUT2D eigenvalue weighted by molar-refractivity contribution is 6.05. The van der Waals surface area contributed by atoms with E-state index in [2.05, 4.69) is 22.9 Å². The maximum atomic E-state index is 6.03. The molecule has 3 aromatic rings. The third-order valence-corrected chi connectivity index (χ3v) is 3.88. The highest BCUT2D eigenvalue weighted by Gasteiger charge is 2.21. The van der Waals surface area contributed by atoms with Gasteiger partial charge in [-0.15, -0.1) is 12.4 Å². The zero-order valence-corrected chi connectivity index (χ0v) is 13.2. The van der Waals surface area contributed by atoms with Gasteiger partial charge in [-0.25, -0.2) is 9.97 Å². The minimum Gasteiger partial charge on any atom is -0.450 e. The quantitative estimate of drug-likeness (QED) is 0.726. The average Bonchev–Trinajstić information content (AvgIpc) is 2.93. The van der Waals surface area contributed by atoms with E-state index >= 15 is 0 Å². The average molecular weight is 320 g/mol. The van der Waals surface area contributed by atoms with Gasteiger partial charge in [0.25, 0.3) is 0 Å². The second-order valence-corrected chi connectivity index (χ2v) is 5.19. The fourth-order valence-corrected chi connectivity index (χ4v) is 2.77. The van der Waals surface area contributed by atoms with Crippen molar-refractivity contribution < 1.29 is 9.15 Å². The summed E-state index contributed by atoms with van der Waals surface area (Å²) in [7, 11) is 0. The van der Waals surface area contributed by atoms with Crippen LogP contribution in [0.4, 0.5) is 5.82 Å². The number of ether oxygens (including phenoxy) is 1. The first-order valence-electron chi connectivity index (χ1n) is 7.37. The SMILES string of the molecule is CCc1nc(N2CCOCC2)c2oc3ccccc3c2n1.Cl. The van der Waals surface area contributed by atoms with Crippen LogP contribution in [0.25, 0.3) is 22.1 Å². The third-order valence-electron chi connectivity index (χ3n) is 3.88. The molecule has 116 valence electrons. The van der Waals surface area contributed by atoms with Crippen molar-refractivity contribution in [2.24, 2.45) is 0 Å². The van der Waals surface area contributed by atoms with Crippen molar-refractivity contribution in [3.63, 3.8) is 0 Å². The first kappa shape index (κ1) is 15.1. The summed E-state index contributed by atoms with van der Waals surface area (Å²) in [6, 6.07) is 8.02. The number of benzene rings is 1. The Hall–Kier alpha value is -1.85. The number of aryl methyl sites for hydroxylation is 1. The van der Waals surface area contributed by atoms with Crippen LogP contribution < -0.4 is 4.90 Å². The first-order chi connectivity index (χ1) is 10.4. The van der Waals surface area contributed by atoms with Gasteiger partial charge in [-0.05, 0) is 12.1 Å². The number of morpholine rings is 1. The number of rotatable bonds is 2. The van der Waals surface area contributed by atoms with E-state index in [9.17, 15) is 0 Å². The summed E-state index contributed by atoms with van der Waals surface area (Å²) in [5, 5.41) is 1.05. The van der Waals surface area contributed by atoms with Gasteiger partial charge in [0.2, 0.25) is 0 Å². The highest BCUT2D eigenvalue weighted by atomic mass is 35.5. The van der Waals surface area contributed by atoms with Crippen LogP contribution in [0.1, 0.15) is 12.7 Å². The molecule has 0 unspecified atom stereocenters. The molecule has 1 aliphatic rings. The van der Waals surface area contributed by atoms with Gasteiger partial charge in [-0.2, -0.15) is 0 Å². The first-order valence-corrected chi connectivity index (χ1v) is 7.37. The third kappa shape index (κ3) is 2.40. The Morgan fingerprint density at radius 2 is 1.91 bits per heavy atom. The number of halogens is 1. The molecule has 0 bridgehead atoms. The molecule has 5 nitrogen and oxygen atoms in total. The standard InChI is InChI=1S/C16H17N3O2.ClH/c1-2-13-17-14-11-5-3-4-6-12(11)21-15(14)16(18-13)19-7-9-20-10-8-19;/h3-6H,2,7-10H2,1H3;1H. The summed E-state index contributed by atoms with van der Waals surface area (Å²) in [4.78, 5) is 11.6. The number of hydrogen-bond acceptors (Lipinski definition) is 5. The minimum absolute atomic E-state index is 0. The van der Waals surface area contributed by atoms with Crippen LogP contribution in [0.3, 0.4) is 0 Å². The van der Waals surface area contributed by atoms with Gasteiger partial charge in [0.1, 0.15) is 16.9 Å². The molecule has 0 N–H and O–H groups in total. The monoisotopic (exact) mass is 319 g/mol. The highest BCUT2D eigenvalue weighted by Crippen LogP contribution is 2.33. The van der Waals surface area contributed by atoms with E-state index in [0.717, 1.165) is 66.4 Å². The van der Waals surface area contributed by atoms with Crippen molar-refractivity contribution in [1.29, 1.82) is 0 Å². The van der Waals surface area contributed by atoms with Gasteiger partial charge in [-0.1, -0.05) is 19.1 Å². The fourth-order valence-electron chi connectivity index (χ4n) is 2.77. The predicted octanol–water partition coefficient (Wildman–Crippen LogP) is 3.20. The fraction of sp³-hybridized carbons (Fsp3) is 0.375. The number of anilines is 1. The van der Waals surface area contributed by atoms with Crippen molar-refractivity contribution in [3.05, 3.63) is 30.1 Å². The molecule has 4 rings (SSSR count). The van der Waals surface area contributed by atoms with E-state index in [1.165, 1.54) is 0 Å². The predicted molar refractivity (Wildman–Crippen MR) is 89.0 cm³/mol. The van der Waals surface area contributed by atoms with Crippen molar-refractivity contribution in [2.45, 2.75) is 13.3 Å². The molecular formula is C16H18ClN3O2. The molecule has 0 spiro atoms. The van der Waals surface area contributed by atoms with Crippen LogP contribution in [0.15, 0.2) is 28.7 Å². The minimum atomic E-state index is 0. The van der Waals surface area contributed by atoms with Gasteiger partial charge < -0.3 is 14.1 Å². The van der Waals surface area contributed by atoms with Gasteiger partial charge in [0.05, 0.1) is 13.2 Å². The Morgan fingerprint density at radius 1 is 1.14 bits per heavy atom. The maximum absolute atomic E-state index is 6.03. The van der Waals surface area contributed by atoms with E-state index in [-0.39, 0.29) is 12.4 Å². The van der Waals surface area contributed by atoms with E-state index in [4.69, 9.17) is 14.1 Å². The number of nitrogens with zero attached hydrogens (tertiary/aromatic N) is 3. The number of para-hydroxylation sites is 1. The molecule has 0 amide bonds. The van der Waals surface area contributed by atoms with Crippen molar-refractivity contribution in [1.82, 2.24) is 9.97 Å². The Labute approximate surface area is 134 Å². The van der Waals surface area contributed by atoms with E-state index in [1.807, 2.05) is 18.2 Å². The van der Waals surface area contributed by atoms with Crippen LogP contribution in [0.2, 0.25) is 0 Å². The van der Waals surface area contributed by atoms with E-state index < -0.39 is 0 Å². The topological polar surface area (TPSA) is 51.4 Å². The summed E-state index contributed by atoms with van der Waals surface area (Å²) in [6.45, 7) is 5.21. The van der Waals surface area contributed by atoms with Crippen LogP contribution in [0, 0.1) is 0 Å². The van der Waals surface area contributed by atoms with Gasteiger partial charge in [0, 0.05) is 24.9 Å². The Balaban J connectivity index is 0.00000144. The van der Waals surface area contributed by atoms with E-state index in [1.54, 1.807) is 0 Å². The molecule has 1 aliphatic heterocycles. The lowest BCUT2D eigenvalue weighted by atomic mass is 10.2. The lowest BCUT2D eigenvalue weighted by Gasteiger charge is -2.27. The van der Waals surface area contributed by atoms with Crippen LogP contribution in [-0.4, -0.2) is 36.3 Å². The molecule has 0 aliphatic carbocycles. The Kier molecular flexibility index (Phi) is 4.18. The smallest absolute Gasteiger partial charge is 0.196 e. The molecule has 0 radical (unpaired) electrons. The molecule has 2 aromatic heterocycles. The van der Waals surface area contributed by atoms with Gasteiger partial charge >= 0.3 is 0 Å². The van der Waals surface area contributed by atoms with Gasteiger partial charge in [-0.3, -0.25) is 0 Å². The summed E-state index contributed by atoms with van der Waals surface area (Å²) >= 11 is 0. The molecule has 0 saturated carbocycles. The van der Waals surface area contributed by atoms with Crippen molar-refractivity contribution in [2.75, 3.05) is 31.2 Å². The molecule has 0 atom stereocenters. The van der Waals surface area contributed by atoms with Crippen molar-refractivity contribution in [3.8, 4) is 0 Å². The number of furan rings is 1. The summed E-state index contributed by atoms with van der Waals surface area (Å²) in [5.41, 5.74) is 2.57. The van der Waals surface area contributed by atoms with Crippen LogP contribution in [0.5, 0.6) is 0 Å². The van der Waals surface area contributed by atoms with Crippen LogP contribution in [-0.2, 0) is 11.2 Å². The van der Waals surface area contributed by atoms with Crippen LogP contribution >= 0.6 is 12.4 Å². The zero-order valence-electron chi connectivity index (χ0n) is 12.4. The molecule has 1 saturated heterocycles. The Morgan fingerprint density at radius 3 is 2.68 bits per heavy atom. The normalized spacial score (nSPS) is 15.2. The molecule has 3 heterocycles. The van der Waals surface area contributed by atoms with Gasteiger partial charge in [0.15, 0.2) is 11.4 Å². The molecular weight excluding hydrogens is 302 g/mol. The number of hydrogen-bond donors (Lipinski definition) is 0. The van der Waals surface area contributed by atoms with E-state index in [0.29, 0.717) is 0 Å². The lowest BCUT2D eigenvalue weighted by Crippen LogP contribution is -2.37. The molecule has 1 aromatic carbocycles. The number of aromatic nitrogens is 2.